The van der Waals surface area contributed by atoms with Crippen LogP contribution >= 0.6 is 23.1 Å². The average Bonchev–Trinajstić information content (AvgIpc) is 3.03. The molecule has 1 aliphatic rings. The third kappa shape index (κ3) is 2.96. The summed E-state index contributed by atoms with van der Waals surface area (Å²) in [6, 6.07) is 7.30. The second-order valence-corrected chi connectivity index (χ2v) is 8.14. The Morgan fingerprint density at radius 3 is 3.00 bits per heavy atom. The fourth-order valence-corrected chi connectivity index (χ4v) is 5.41. The van der Waals surface area contributed by atoms with Crippen LogP contribution in [0.4, 0.5) is 0 Å². The van der Waals surface area contributed by atoms with E-state index in [1.54, 1.807) is 34.1 Å². The van der Waals surface area contributed by atoms with Crippen LogP contribution in [0.1, 0.15) is 29.0 Å². The quantitative estimate of drug-likeness (QED) is 0.506. The topological polar surface area (TPSA) is 71.6 Å². The van der Waals surface area contributed by atoms with Crippen LogP contribution in [0, 0.1) is 11.3 Å². The highest BCUT2D eigenvalue weighted by Crippen LogP contribution is 2.35. The number of nitriles is 1. The first kappa shape index (κ1) is 17.0. The lowest BCUT2D eigenvalue weighted by Gasteiger charge is -2.12. The standard InChI is InChI=1S/C19H16N4OS2/c1-2-10-23-18(24)16-13-7-3-4-8-14(13)25-17(16)22-19(23)26-15-9-5-6-12(11-20)21-15/h2,5-6,9H,1,3-4,7-8,10H2. The zero-order valence-corrected chi connectivity index (χ0v) is 15.7. The molecule has 3 aromatic rings. The smallest absolute Gasteiger partial charge is 0.263 e. The molecule has 3 heterocycles. The van der Waals surface area contributed by atoms with Gasteiger partial charge in [0.15, 0.2) is 5.16 Å². The van der Waals surface area contributed by atoms with Gasteiger partial charge in [-0.15, -0.1) is 17.9 Å². The molecule has 130 valence electrons. The Kier molecular flexibility index (Phi) is 4.62. The van der Waals surface area contributed by atoms with E-state index in [4.69, 9.17) is 10.2 Å². The van der Waals surface area contributed by atoms with Gasteiger partial charge in [-0.3, -0.25) is 9.36 Å². The number of thiophene rings is 1. The SMILES string of the molecule is C=CCn1c(Sc2cccc(C#N)n2)nc2sc3c(c2c1=O)CCCC3. The molecule has 4 rings (SSSR count). The van der Waals surface area contributed by atoms with Gasteiger partial charge in [-0.05, 0) is 55.1 Å². The zero-order valence-electron chi connectivity index (χ0n) is 14.1. The number of fused-ring (bicyclic) bond motifs is 3. The van der Waals surface area contributed by atoms with Crippen molar-refractivity contribution in [1.82, 2.24) is 14.5 Å². The van der Waals surface area contributed by atoms with E-state index in [1.165, 1.54) is 28.6 Å². The van der Waals surface area contributed by atoms with Gasteiger partial charge in [0.2, 0.25) is 0 Å². The number of rotatable bonds is 4. The molecule has 26 heavy (non-hydrogen) atoms. The molecule has 5 nitrogen and oxygen atoms in total. The van der Waals surface area contributed by atoms with Gasteiger partial charge in [0.1, 0.15) is 21.6 Å². The van der Waals surface area contributed by atoms with Gasteiger partial charge in [0.25, 0.3) is 5.56 Å². The molecule has 1 aliphatic carbocycles. The minimum Gasteiger partial charge on any atom is -0.283 e. The molecular weight excluding hydrogens is 364 g/mol. The van der Waals surface area contributed by atoms with Gasteiger partial charge in [-0.25, -0.2) is 9.97 Å². The summed E-state index contributed by atoms with van der Waals surface area (Å²) in [7, 11) is 0. The summed E-state index contributed by atoms with van der Waals surface area (Å²) in [5.74, 6) is 0. The fraction of sp³-hybridized carbons (Fsp3) is 0.263. The molecule has 0 aliphatic heterocycles. The van der Waals surface area contributed by atoms with Gasteiger partial charge in [0, 0.05) is 11.4 Å². The van der Waals surface area contributed by atoms with Crippen molar-refractivity contribution in [2.75, 3.05) is 0 Å². The fourth-order valence-electron chi connectivity index (χ4n) is 3.22. The number of nitrogens with zero attached hydrogens (tertiary/aromatic N) is 4. The lowest BCUT2D eigenvalue weighted by molar-refractivity contribution is 0.667. The second-order valence-electron chi connectivity index (χ2n) is 6.06. The number of hydrogen-bond donors (Lipinski definition) is 0. The van der Waals surface area contributed by atoms with E-state index < -0.39 is 0 Å². The van der Waals surface area contributed by atoms with Crippen LogP contribution in [-0.4, -0.2) is 14.5 Å². The van der Waals surface area contributed by atoms with E-state index in [9.17, 15) is 4.79 Å². The molecule has 0 N–H and O–H groups in total. The maximum absolute atomic E-state index is 13.2. The summed E-state index contributed by atoms with van der Waals surface area (Å²) in [4.78, 5) is 24.4. The Labute approximate surface area is 159 Å². The highest BCUT2D eigenvalue weighted by Gasteiger charge is 2.22. The Balaban J connectivity index is 1.88. The normalized spacial score (nSPS) is 13.3. The number of pyridine rings is 1. The molecule has 0 unspecified atom stereocenters. The van der Waals surface area contributed by atoms with Crippen LogP contribution in [-0.2, 0) is 19.4 Å². The lowest BCUT2D eigenvalue weighted by Crippen LogP contribution is -2.23. The molecule has 0 radical (unpaired) electrons. The Bertz CT molecular complexity index is 1110. The summed E-state index contributed by atoms with van der Waals surface area (Å²) in [6.45, 7) is 4.17. The number of allylic oxidation sites excluding steroid dienone is 1. The van der Waals surface area contributed by atoms with Crippen molar-refractivity contribution in [1.29, 1.82) is 5.26 Å². The van der Waals surface area contributed by atoms with E-state index in [0.29, 0.717) is 22.4 Å². The predicted octanol–water partition coefficient (Wildman–Crippen LogP) is 3.94. The van der Waals surface area contributed by atoms with Crippen molar-refractivity contribution in [2.45, 2.75) is 42.4 Å². The third-order valence-electron chi connectivity index (χ3n) is 4.39. The molecule has 0 aromatic carbocycles. The van der Waals surface area contributed by atoms with E-state index in [0.717, 1.165) is 29.5 Å². The van der Waals surface area contributed by atoms with E-state index >= 15 is 0 Å². The Morgan fingerprint density at radius 2 is 2.19 bits per heavy atom. The maximum atomic E-state index is 13.2. The van der Waals surface area contributed by atoms with Gasteiger partial charge in [-0.2, -0.15) is 5.26 Å². The van der Waals surface area contributed by atoms with Crippen molar-refractivity contribution in [3.8, 4) is 6.07 Å². The van der Waals surface area contributed by atoms with Crippen LogP contribution in [0.15, 0.2) is 45.8 Å². The maximum Gasteiger partial charge on any atom is 0.263 e. The van der Waals surface area contributed by atoms with Crippen molar-refractivity contribution in [3.05, 3.63) is 57.3 Å². The van der Waals surface area contributed by atoms with E-state index in [1.807, 2.05) is 12.1 Å². The third-order valence-corrected chi connectivity index (χ3v) is 6.50. The molecule has 0 saturated carbocycles. The summed E-state index contributed by atoms with van der Waals surface area (Å²) in [5, 5.41) is 11.0. The molecular formula is C19H16N4OS2. The molecule has 0 amide bonds. The summed E-state index contributed by atoms with van der Waals surface area (Å²) in [5.41, 5.74) is 1.53. The summed E-state index contributed by atoms with van der Waals surface area (Å²) >= 11 is 2.94. The first-order valence-electron chi connectivity index (χ1n) is 8.42. The molecule has 3 aromatic heterocycles. The largest absolute Gasteiger partial charge is 0.283 e. The van der Waals surface area contributed by atoms with Gasteiger partial charge >= 0.3 is 0 Å². The minimum absolute atomic E-state index is 0.00626. The molecule has 0 saturated heterocycles. The highest BCUT2D eigenvalue weighted by atomic mass is 32.2. The second kappa shape index (κ2) is 7.06. The first-order valence-corrected chi connectivity index (χ1v) is 10.1. The molecule has 0 spiro atoms. The minimum atomic E-state index is -0.00626. The van der Waals surface area contributed by atoms with Gasteiger partial charge in [0.05, 0.1) is 5.39 Å². The van der Waals surface area contributed by atoms with Crippen molar-refractivity contribution < 1.29 is 0 Å². The lowest BCUT2D eigenvalue weighted by atomic mass is 9.97. The first-order chi connectivity index (χ1) is 12.7. The van der Waals surface area contributed by atoms with Crippen LogP contribution in [0.25, 0.3) is 10.2 Å². The van der Waals surface area contributed by atoms with Crippen molar-refractivity contribution in [3.63, 3.8) is 0 Å². The van der Waals surface area contributed by atoms with Crippen LogP contribution in [0.5, 0.6) is 0 Å². The summed E-state index contributed by atoms with van der Waals surface area (Å²) < 4.78 is 1.66. The van der Waals surface area contributed by atoms with Crippen molar-refractivity contribution >= 4 is 33.3 Å². The molecule has 7 heteroatoms. The molecule has 0 fully saturated rings. The highest BCUT2D eigenvalue weighted by molar-refractivity contribution is 7.99. The number of hydrogen-bond acceptors (Lipinski definition) is 6. The average molecular weight is 380 g/mol. The van der Waals surface area contributed by atoms with Crippen LogP contribution < -0.4 is 5.56 Å². The van der Waals surface area contributed by atoms with Gasteiger partial charge in [-0.1, -0.05) is 12.1 Å². The number of aromatic nitrogens is 3. The van der Waals surface area contributed by atoms with Crippen LogP contribution in [0.3, 0.4) is 0 Å². The van der Waals surface area contributed by atoms with Crippen molar-refractivity contribution in [2.24, 2.45) is 0 Å². The van der Waals surface area contributed by atoms with Gasteiger partial charge < -0.3 is 0 Å². The summed E-state index contributed by atoms with van der Waals surface area (Å²) in [6.07, 6.45) is 6.00. The number of aryl methyl sites for hydroxylation is 2. The monoisotopic (exact) mass is 380 g/mol. The van der Waals surface area contributed by atoms with Crippen LogP contribution in [0.2, 0.25) is 0 Å². The molecule has 0 atom stereocenters. The molecule has 0 bridgehead atoms. The Morgan fingerprint density at radius 1 is 1.35 bits per heavy atom. The zero-order chi connectivity index (χ0) is 18.1. The predicted molar refractivity (Wildman–Crippen MR) is 104 cm³/mol. The van der Waals surface area contributed by atoms with E-state index in [-0.39, 0.29) is 5.56 Å². The Hall–Kier alpha value is -2.43. The van der Waals surface area contributed by atoms with E-state index in [2.05, 4.69) is 11.6 Å².